The Morgan fingerprint density at radius 3 is 2.52 bits per heavy atom. The summed E-state index contributed by atoms with van der Waals surface area (Å²) in [6.45, 7) is 3.25. The third-order valence-electron chi connectivity index (χ3n) is 4.77. The van der Waals surface area contributed by atoms with Crippen LogP contribution in [0, 0.1) is 10.1 Å². The number of non-ortho nitro benzene ring substituents is 1. The lowest BCUT2D eigenvalue weighted by molar-refractivity contribution is -0.384. The van der Waals surface area contributed by atoms with Gasteiger partial charge in [-0.25, -0.2) is 0 Å². The molecule has 1 amide bonds. The first-order valence-corrected chi connectivity index (χ1v) is 7.95. The molecule has 1 saturated heterocycles. The summed E-state index contributed by atoms with van der Waals surface area (Å²) in [7, 11) is 0. The van der Waals surface area contributed by atoms with Gasteiger partial charge in [0.25, 0.3) is 11.6 Å². The zero-order valence-electron chi connectivity index (χ0n) is 13.0. The number of rotatable bonds is 4. The highest BCUT2D eigenvalue weighted by molar-refractivity contribution is 5.86. The van der Waals surface area contributed by atoms with Crippen molar-refractivity contribution in [1.82, 2.24) is 9.80 Å². The first kappa shape index (κ1) is 15.9. The van der Waals surface area contributed by atoms with Crippen molar-refractivity contribution in [2.24, 2.45) is 0 Å². The van der Waals surface area contributed by atoms with E-state index in [0.717, 1.165) is 12.0 Å². The summed E-state index contributed by atoms with van der Waals surface area (Å²) in [5.41, 5.74) is -0.123. The molecule has 1 aliphatic heterocycles. The SMILES string of the molecule is O=C(N1CCN(Cc2cccc([N+](=O)[O-])c2)CC1)C1(O)CCC1. The molecule has 0 radical (unpaired) electrons. The van der Waals surface area contributed by atoms with Crippen molar-refractivity contribution in [3.8, 4) is 0 Å². The van der Waals surface area contributed by atoms with Crippen LogP contribution in [-0.4, -0.2) is 57.5 Å². The van der Waals surface area contributed by atoms with E-state index in [-0.39, 0.29) is 16.5 Å². The molecule has 23 heavy (non-hydrogen) atoms. The molecule has 1 N–H and O–H groups in total. The molecule has 0 aromatic heterocycles. The van der Waals surface area contributed by atoms with Gasteiger partial charge in [-0.2, -0.15) is 0 Å². The number of nitrogens with zero attached hydrogens (tertiary/aromatic N) is 3. The lowest BCUT2D eigenvalue weighted by Gasteiger charge is -2.42. The number of nitro benzene ring substituents is 1. The van der Waals surface area contributed by atoms with E-state index < -0.39 is 5.60 Å². The van der Waals surface area contributed by atoms with E-state index >= 15 is 0 Å². The largest absolute Gasteiger partial charge is 0.380 e. The summed E-state index contributed by atoms with van der Waals surface area (Å²) < 4.78 is 0. The number of carbonyl (C=O) groups is 1. The van der Waals surface area contributed by atoms with Crippen LogP contribution in [0.15, 0.2) is 24.3 Å². The van der Waals surface area contributed by atoms with Crippen LogP contribution in [0.1, 0.15) is 24.8 Å². The molecule has 0 spiro atoms. The van der Waals surface area contributed by atoms with Gasteiger partial charge in [-0.05, 0) is 24.8 Å². The molecule has 1 aliphatic carbocycles. The van der Waals surface area contributed by atoms with E-state index in [1.54, 1.807) is 17.0 Å². The van der Waals surface area contributed by atoms with Crippen LogP contribution in [0.5, 0.6) is 0 Å². The first-order valence-electron chi connectivity index (χ1n) is 7.95. The number of hydrogen-bond donors (Lipinski definition) is 1. The van der Waals surface area contributed by atoms with Gasteiger partial charge >= 0.3 is 0 Å². The molecule has 3 rings (SSSR count). The highest BCUT2D eigenvalue weighted by Crippen LogP contribution is 2.33. The Morgan fingerprint density at radius 2 is 1.96 bits per heavy atom. The monoisotopic (exact) mass is 319 g/mol. The maximum absolute atomic E-state index is 12.3. The third kappa shape index (κ3) is 3.35. The predicted molar refractivity (Wildman–Crippen MR) is 83.8 cm³/mol. The number of benzene rings is 1. The summed E-state index contributed by atoms with van der Waals surface area (Å²) >= 11 is 0. The molecule has 0 bridgehead atoms. The lowest BCUT2D eigenvalue weighted by atomic mass is 9.79. The number of hydrogen-bond acceptors (Lipinski definition) is 5. The van der Waals surface area contributed by atoms with Gasteiger partial charge in [-0.1, -0.05) is 12.1 Å². The van der Waals surface area contributed by atoms with Crippen molar-refractivity contribution in [3.63, 3.8) is 0 Å². The molecular formula is C16H21N3O4. The third-order valence-corrected chi connectivity index (χ3v) is 4.77. The highest BCUT2D eigenvalue weighted by atomic mass is 16.6. The number of carbonyl (C=O) groups excluding carboxylic acids is 1. The molecule has 1 aromatic rings. The summed E-state index contributed by atoms with van der Waals surface area (Å²) in [5, 5.41) is 21.0. The quantitative estimate of drug-likeness (QED) is 0.664. The van der Waals surface area contributed by atoms with Gasteiger partial charge in [0.15, 0.2) is 0 Å². The fourth-order valence-electron chi connectivity index (χ4n) is 3.16. The van der Waals surface area contributed by atoms with Crippen LogP contribution in [0.2, 0.25) is 0 Å². The molecule has 7 heteroatoms. The number of nitro groups is 1. The number of amides is 1. The van der Waals surface area contributed by atoms with E-state index in [1.807, 2.05) is 6.07 Å². The van der Waals surface area contributed by atoms with Crippen molar-refractivity contribution < 1.29 is 14.8 Å². The average Bonchev–Trinajstić information content (AvgIpc) is 2.53. The minimum absolute atomic E-state index is 0.100. The predicted octanol–water partition coefficient (Wildman–Crippen LogP) is 1.15. The molecular weight excluding hydrogens is 298 g/mol. The van der Waals surface area contributed by atoms with Crippen molar-refractivity contribution in [2.45, 2.75) is 31.4 Å². The molecule has 0 unspecified atom stereocenters. The van der Waals surface area contributed by atoms with E-state index in [9.17, 15) is 20.0 Å². The van der Waals surface area contributed by atoms with Gasteiger partial charge in [0.05, 0.1) is 4.92 Å². The molecule has 2 aliphatic rings. The average molecular weight is 319 g/mol. The van der Waals surface area contributed by atoms with Crippen LogP contribution in [-0.2, 0) is 11.3 Å². The van der Waals surface area contributed by atoms with E-state index in [0.29, 0.717) is 45.6 Å². The molecule has 1 aromatic carbocycles. The fourth-order valence-corrected chi connectivity index (χ4v) is 3.16. The van der Waals surface area contributed by atoms with Gasteiger partial charge in [0, 0.05) is 44.9 Å². The summed E-state index contributed by atoms with van der Waals surface area (Å²) in [5.74, 6) is -0.140. The maximum Gasteiger partial charge on any atom is 0.269 e. The molecule has 2 fully saturated rings. The van der Waals surface area contributed by atoms with Crippen LogP contribution < -0.4 is 0 Å². The molecule has 0 atom stereocenters. The summed E-state index contributed by atoms with van der Waals surface area (Å²) in [4.78, 5) is 26.6. The normalized spacial score (nSPS) is 20.8. The Bertz CT molecular complexity index is 607. The Morgan fingerprint density at radius 1 is 1.26 bits per heavy atom. The minimum Gasteiger partial charge on any atom is -0.380 e. The number of piperazine rings is 1. The zero-order chi connectivity index (χ0) is 16.4. The first-order chi connectivity index (χ1) is 11.0. The second-order valence-electron chi connectivity index (χ2n) is 6.38. The van der Waals surface area contributed by atoms with Crippen LogP contribution in [0.25, 0.3) is 0 Å². The van der Waals surface area contributed by atoms with Crippen LogP contribution >= 0.6 is 0 Å². The smallest absolute Gasteiger partial charge is 0.269 e. The molecule has 7 nitrogen and oxygen atoms in total. The topological polar surface area (TPSA) is 86.9 Å². The zero-order valence-corrected chi connectivity index (χ0v) is 13.0. The Hall–Kier alpha value is -1.99. The van der Waals surface area contributed by atoms with Gasteiger partial charge in [0.1, 0.15) is 5.60 Å². The number of aliphatic hydroxyl groups is 1. The van der Waals surface area contributed by atoms with E-state index in [1.165, 1.54) is 6.07 Å². The molecule has 1 saturated carbocycles. The summed E-state index contributed by atoms with van der Waals surface area (Å²) in [6, 6.07) is 6.65. The highest BCUT2D eigenvalue weighted by Gasteiger charge is 2.44. The Labute approximate surface area is 134 Å². The van der Waals surface area contributed by atoms with Gasteiger partial charge in [-0.3, -0.25) is 19.8 Å². The van der Waals surface area contributed by atoms with Gasteiger partial charge < -0.3 is 10.0 Å². The Kier molecular flexibility index (Phi) is 4.32. The Balaban J connectivity index is 1.54. The standard InChI is InChI=1S/C16H21N3O4/c20-15(16(21)5-2-6-16)18-9-7-17(8-10-18)12-13-3-1-4-14(11-13)19(22)23/h1,3-4,11,21H,2,5-10,12H2. The summed E-state index contributed by atoms with van der Waals surface area (Å²) in [6.07, 6.45) is 2.05. The van der Waals surface area contributed by atoms with Crippen molar-refractivity contribution >= 4 is 11.6 Å². The van der Waals surface area contributed by atoms with Gasteiger partial charge in [-0.15, -0.1) is 0 Å². The second kappa shape index (κ2) is 6.25. The van der Waals surface area contributed by atoms with Crippen LogP contribution in [0.3, 0.4) is 0 Å². The van der Waals surface area contributed by atoms with E-state index in [4.69, 9.17) is 0 Å². The van der Waals surface area contributed by atoms with Crippen molar-refractivity contribution in [2.75, 3.05) is 26.2 Å². The minimum atomic E-state index is -1.12. The lowest BCUT2D eigenvalue weighted by Crippen LogP contribution is -2.58. The maximum atomic E-state index is 12.3. The van der Waals surface area contributed by atoms with Gasteiger partial charge in [0.2, 0.25) is 0 Å². The molecule has 124 valence electrons. The van der Waals surface area contributed by atoms with Crippen molar-refractivity contribution in [3.05, 3.63) is 39.9 Å². The van der Waals surface area contributed by atoms with Crippen molar-refractivity contribution in [1.29, 1.82) is 0 Å². The van der Waals surface area contributed by atoms with E-state index in [2.05, 4.69) is 4.90 Å². The molecule has 1 heterocycles. The second-order valence-corrected chi connectivity index (χ2v) is 6.38. The fraction of sp³-hybridized carbons (Fsp3) is 0.562. The van der Waals surface area contributed by atoms with Crippen LogP contribution in [0.4, 0.5) is 5.69 Å².